The van der Waals surface area contributed by atoms with Crippen molar-refractivity contribution in [1.82, 2.24) is 0 Å². The lowest BCUT2D eigenvalue weighted by atomic mass is 9.81. The normalized spacial score (nSPS) is 13.2. The molecule has 266 valence electrons. The molecule has 0 radical (unpaired) electrons. The molecule has 0 amide bonds. The molecular weight excluding hydrogens is 685 g/mol. The largest absolute Gasteiger partial charge is 0.0619 e. The molecule has 11 aromatic rings. The van der Waals surface area contributed by atoms with Crippen molar-refractivity contribution >= 4 is 64.6 Å². The van der Waals surface area contributed by atoms with Crippen LogP contribution in [0.2, 0.25) is 0 Å². The molecule has 0 N–H and O–H groups in total. The van der Waals surface area contributed by atoms with Gasteiger partial charge in [0.05, 0.1) is 0 Å². The molecule has 0 unspecified atom stereocenters. The molecule has 0 heterocycles. The Kier molecular flexibility index (Phi) is 6.78. The predicted octanol–water partition coefficient (Wildman–Crippen LogP) is 15.9. The first-order chi connectivity index (χ1) is 28.0. The van der Waals surface area contributed by atoms with Crippen molar-refractivity contribution in [1.29, 1.82) is 0 Å². The Balaban J connectivity index is 0.919. The van der Waals surface area contributed by atoms with E-state index in [1.807, 2.05) is 0 Å². The Bertz CT molecular complexity index is 3490. The van der Waals surface area contributed by atoms with E-state index in [1.165, 1.54) is 120 Å². The second-order valence-corrected chi connectivity index (χ2v) is 16.5. The molecule has 0 spiro atoms. The zero-order valence-corrected chi connectivity index (χ0v) is 32.0. The lowest BCUT2D eigenvalue weighted by Crippen LogP contribution is -2.14. The SMILES string of the molecule is CC1(C)c2ccccc2-c2ccc(-c3ccc4ccc(-c5ccc6cc(-c7cc8ccc9ccc%10ccccc%10c9c8c8ccccc78)ccc6c5)cc4c3)cc21. The molecule has 0 saturated heterocycles. The second-order valence-electron chi connectivity index (χ2n) is 16.5. The highest BCUT2D eigenvalue weighted by atomic mass is 14.4. The van der Waals surface area contributed by atoms with Gasteiger partial charge >= 0.3 is 0 Å². The fraction of sp³-hybridized carbons (Fsp3) is 0.0526. The molecule has 0 saturated carbocycles. The van der Waals surface area contributed by atoms with Crippen molar-refractivity contribution < 1.29 is 0 Å². The molecule has 11 aromatic carbocycles. The van der Waals surface area contributed by atoms with Crippen LogP contribution in [0, 0.1) is 0 Å². The summed E-state index contributed by atoms with van der Waals surface area (Å²) in [6.07, 6.45) is 0. The zero-order chi connectivity index (χ0) is 37.8. The number of hydrogen-bond acceptors (Lipinski definition) is 0. The Hall–Kier alpha value is -7.02. The maximum Gasteiger partial charge on any atom is 0.0159 e. The van der Waals surface area contributed by atoms with Gasteiger partial charge < -0.3 is 0 Å². The summed E-state index contributed by atoms with van der Waals surface area (Å²) >= 11 is 0. The molecule has 12 rings (SSSR count). The summed E-state index contributed by atoms with van der Waals surface area (Å²) < 4.78 is 0. The third-order valence-electron chi connectivity index (χ3n) is 13.0. The van der Waals surface area contributed by atoms with Crippen molar-refractivity contribution in [2.75, 3.05) is 0 Å². The minimum atomic E-state index is -0.0167. The Morgan fingerprint density at radius 2 is 0.754 bits per heavy atom. The summed E-state index contributed by atoms with van der Waals surface area (Å²) in [5.41, 5.74) is 13.0. The molecule has 0 heteroatoms. The van der Waals surface area contributed by atoms with Crippen LogP contribution in [0.5, 0.6) is 0 Å². The van der Waals surface area contributed by atoms with E-state index in [0.717, 1.165) is 0 Å². The van der Waals surface area contributed by atoms with Gasteiger partial charge in [0.1, 0.15) is 0 Å². The molecule has 1 aliphatic rings. The van der Waals surface area contributed by atoms with E-state index in [9.17, 15) is 0 Å². The highest BCUT2D eigenvalue weighted by Crippen LogP contribution is 2.50. The number of hydrogen-bond donors (Lipinski definition) is 0. The molecule has 0 atom stereocenters. The first-order valence-corrected chi connectivity index (χ1v) is 20.1. The van der Waals surface area contributed by atoms with Crippen molar-refractivity contribution in [2.45, 2.75) is 19.3 Å². The maximum absolute atomic E-state index is 2.42. The second kappa shape index (κ2) is 12.0. The van der Waals surface area contributed by atoms with Crippen LogP contribution in [0.1, 0.15) is 25.0 Å². The van der Waals surface area contributed by atoms with E-state index in [4.69, 9.17) is 0 Å². The van der Waals surface area contributed by atoms with Crippen molar-refractivity contribution in [3.05, 3.63) is 205 Å². The first-order valence-electron chi connectivity index (χ1n) is 20.1. The van der Waals surface area contributed by atoms with Gasteiger partial charge in [-0.2, -0.15) is 0 Å². The highest BCUT2D eigenvalue weighted by molar-refractivity contribution is 6.29. The Labute approximate surface area is 332 Å². The van der Waals surface area contributed by atoms with Crippen LogP contribution in [-0.4, -0.2) is 0 Å². The highest BCUT2D eigenvalue weighted by Gasteiger charge is 2.35. The van der Waals surface area contributed by atoms with Gasteiger partial charge in [0, 0.05) is 5.41 Å². The third kappa shape index (κ3) is 4.87. The molecule has 0 bridgehead atoms. The predicted molar refractivity (Wildman–Crippen MR) is 245 cm³/mol. The van der Waals surface area contributed by atoms with E-state index >= 15 is 0 Å². The number of rotatable bonds is 3. The van der Waals surface area contributed by atoms with E-state index in [2.05, 4.69) is 208 Å². The van der Waals surface area contributed by atoms with E-state index < -0.39 is 0 Å². The van der Waals surface area contributed by atoms with Gasteiger partial charge in [-0.3, -0.25) is 0 Å². The molecule has 0 fully saturated rings. The molecule has 0 aliphatic heterocycles. The zero-order valence-electron chi connectivity index (χ0n) is 32.0. The van der Waals surface area contributed by atoms with Crippen molar-refractivity contribution in [3.63, 3.8) is 0 Å². The van der Waals surface area contributed by atoms with Crippen LogP contribution in [0.4, 0.5) is 0 Å². The van der Waals surface area contributed by atoms with Crippen LogP contribution < -0.4 is 0 Å². The average molecular weight is 723 g/mol. The standard InChI is InChI=1S/C57H38/c1-57(2)53-14-8-7-12-49(53)50-28-27-43(34-54(50)57)42-21-16-35-15-20-41(31-46(35)32-42)38-22-23-40-30-44(25-24-39(40)29-38)52-33-45-26-19-37-18-17-36-9-3-4-10-47(36)55(37)56(45)51-13-6-5-11-48(51)52/h3-34H,1-2H3. The van der Waals surface area contributed by atoms with E-state index in [-0.39, 0.29) is 5.41 Å². The first kappa shape index (κ1) is 32.2. The monoisotopic (exact) mass is 722 g/mol. The van der Waals surface area contributed by atoms with Crippen LogP contribution in [0.3, 0.4) is 0 Å². The smallest absolute Gasteiger partial charge is 0.0159 e. The molecule has 0 nitrogen and oxygen atoms in total. The lowest BCUT2D eigenvalue weighted by Gasteiger charge is -2.22. The fourth-order valence-electron chi connectivity index (χ4n) is 10.0. The summed E-state index contributed by atoms with van der Waals surface area (Å²) in [6, 6.07) is 72.8. The minimum absolute atomic E-state index is 0.0167. The topological polar surface area (TPSA) is 0 Å². The van der Waals surface area contributed by atoms with E-state index in [0.29, 0.717) is 0 Å². The van der Waals surface area contributed by atoms with Gasteiger partial charge in [-0.05, 0) is 157 Å². The third-order valence-corrected chi connectivity index (χ3v) is 13.0. The Morgan fingerprint density at radius 3 is 1.53 bits per heavy atom. The van der Waals surface area contributed by atoms with Crippen LogP contribution >= 0.6 is 0 Å². The maximum atomic E-state index is 2.42. The quantitative estimate of drug-likeness (QED) is 0.159. The number of fused-ring (bicyclic) bond motifs is 12. The summed E-state index contributed by atoms with van der Waals surface area (Å²) in [4.78, 5) is 0. The summed E-state index contributed by atoms with van der Waals surface area (Å²) in [6.45, 7) is 4.71. The van der Waals surface area contributed by atoms with E-state index in [1.54, 1.807) is 0 Å². The molecule has 1 aliphatic carbocycles. The molecular formula is C57H38. The van der Waals surface area contributed by atoms with Gasteiger partial charge in [0.2, 0.25) is 0 Å². The van der Waals surface area contributed by atoms with Crippen molar-refractivity contribution in [2.24, 2.45) is 0 Å². The fourth-order valence-corrected chi connectivity index (χ4v) is 10.0. The van der Waals surface area contributed by atoms with Crippen molar-refractivity contribution in [3.8, 4) is 44.5 Å². The van der Waals surface area contributed by atoms with Gasteiger partial charge in [-0.15, -0.1) is 0 Å². The van der Waals surface area contributed by atoms with Gasteiger partial charge in [0.15, 0.2) is 0 Å². The van der Waals surface area contributed by atoms with Crippen LogP contribution in [0.15, 0.2) is 194 Å². The minimum Gasteiger partial charge on any atom is -0.0619 e. The van der Waals surface area contributed by atoms with Gasteiger partial charge in [-0.25, -0.2) is 0 Å². The number of benzene rings is 11. The Morgan fingerprint density at radius 1 is 0.263 bits per heavy atom. The van der Waals surface area contributed by atoms with Crippen LogP contribution in [0.25, 0.3) is 109 Å². The average Bonchev–Trinajstić information content (AvgIpc) is 3.50. The molecule has 0 aromatic heterocycles. The van der Waals surface area contributed by atoms with Crippen LogP contribution in [-0.2, 0) is 5.41 Å². The van der Waals surface area contributed by atoms with Gasteiger partial charge in [-0.1, -0.05) is 172 Å². The summed E-state index contributed by atoms with van der Waals surface area (Å²) in [7, 11) is 0. The summed E-state index contributed by atoms with van der Waals surface area (Å²) in [5, 5.41) is 15.4. The molecule has 57 heavy (non-hydrogen) atoms. The lowest BCUT2D eigenvalue weighted by molar-refractivity contribution is 0.660. The van der Waals surface area contributed by atoms with Gasteiger partial charge in [0.25, 0.3) is 0 Å². The summed E-state index contributed by atoms with van der Waals surface area (Å²) in [5.74, 6) is 0.